The third-order valence-corrected chi connectivity index (χ3v) is 2.64. The van der Waals surface area contributed by atoms with Gasteiger partial charge >= 0.3 is 0 Å². The normalized spacial score (nSPS) is 10.6. The zero-order valence-electron chi connectivity index (χ0n) is 10.2. The molecule has 0 aliphatic heterocycles. The largest absolute Gasteiger partial charge is 0.323 e. The summed E-state index contributed by atoms with van der Waals surface area (Å²) in [4.78, 5) is 4.10. The van der Waals surface area contributed by atoms with Crippen LogP contribution in [0.5, 0.6) is 0 Å². The lowest BCUT2D eigenvalue weighted by molar-refractivity contribution is 0.602. The van der Waals surface area contributed by atoms with E-state index in [0.29, 0.717) is 5.95 Å². The second-order valence-electron chi connectivity index (χ2n) is 4.05. The van der Waals surface area contributed by atoms with Crippen LogP contribution in [-0.2, 0) is 6.54 Å². The number of unbranched alkanes of at least 4 members (excludes halogenated alkanes) is 1. The molecule has 1 N–H and O–H groups in total. The molecular weight excluding hydrogens is 236 g/mol. The molecule has 0 aliphatic rings. The van der Waals surface area contributed by atoms with Crippen LogP contribution < -0.4 is 5.32 Å². The maximum absolute atomic E-state index is 13.5. The third kappa shape index (κ3) is 2.85. The van der Waals surface area contributed by atoms with Crippen LogP contribution in [-0.4, -0.2) is 9.55 Å². The Morgan fingerprint density at radius 2 is 2.17 bits per heavy atom. The summed E-state index contributed by atoms with van der Waals surface area (Å²) in [5, 5.41) is 2.81. The van der Waals surface area contributed by atoms with Crippen molar-refractivity contribution in [2.45, 2.75) is 26.3 Å². The Morgan fingerprint density at radius 3 is 2.94 bits per heavy atom. The van der Waals surface area contributed by atoms with Crippen LogP contribution >= 0.6 is 0 Å². The molecule has 0 fully saturated rings. The minimum absolute atomic E-state index is 0.0962. The molecule has 3 nitrogen and oxygen atoms in total. The number of benzene rings is 1. The van der Waals surface area contributed by atoms with Crippen LogP contribution in [0.1, 0.15) is 19.8 Å². The zero-order chi connectivity index (χ0) is 13.0. The number of nitrogens with zero attached hydrogens (tertiary/aromatic N) is 2. The SMILES string of the molecule is CCCCn1ccnc1Nc1cc(F)ccc1F. The molecule has 96 valence electrons. The first-order chi connectivity index (χ1) is 8.70. The lowest BCUT2D eigenvalue weighted by Crippen LogP contribution is -2.04. The number of rotatable bonds is 5. The van der Waals surface area contributed by atoms with E-state index in [-0.39, 0.29) is 5.69 Å². The molecule has 1 aromatic carbocycles. The Labute approximate surface area is 104 Å². The number of hydrogen-bond donors (Lipinski definition) is 1. The zero-order valence-corrected chi connectivity index (χ0v) is 10.2. The first-order valence-corrected chi connectivity index (χ1v) is 5.94. The van der Waals surface area contributed by atoms with Crippen LogP contribution in [0, 0.1) is 11.6 Å². The molecule has 2 aromatic rings. The predicted octanol–water partition coefficient (Wildman–Crippen LogP) is 3.71. The minimum Gasteiger partial charge on any atom is -0.323 e. The van der Waals surface area contributed by atoms with E-state index < -0.39 is 11.6 Å². The summed E-state index contributed by atoms with van der Waals surface area (Å²) in [6.45, 7) is 2.89. The van der Waals surface area contributed by atoms with E-state index in [0.717, 1.165) is 37.6 Å². The molecule has 1 heterocycles. The number of anilines is 2. The number of halogens is 2. The molecule has 0 atom stereocenters. The lowest BCUT2D eigenvalue weighted by atomic mass is 10.3. The smallest absolute Gasteiger partial charge is 0.207 e. The van der Waals surface area contributed by atoms with Gasteiger partial charge in [-0.1, -0.05) is 13.3 Å². The summed E-state index contributed by atoms with van der Waals surface area (Å²) in [6, 6.07) is 3.30. The van der Waals surface area contributed by atoms with Gasteiger partial charge in [0.1, 0.15) is 11.6 Å². The fourth-order valence-electron chi connectivity index (χ4n) is 1.66. The highest BCUT2D eigenvalue weighted by molar-refractivity contribution is 5.54. The standard InChI is InChI=1S/C13H15F2N3/c1-2-3-7-18-8-6-16-13(18)17-12-9-10(14)4-5-11(12)15/h4-6,8-9H,2-3,7H2,1H3,(H,16,17). The quantitative estimate of drug-likeness (QED) is 0.878. The van der Waals surface area contributed by atoms with Crippen molar-refractivity contribution in [2.75, 3.05) is 5.32 Å². The average molecular weight is 251 g/mol. The van der Waals surface area contributed by atoms with Crippen molar-refractivity contribution in [1.82, 2.24) is 9.55 Å². The predicted molar refractivity (Wildman–Crippen MR) is 66.8 cm³/mol. The van der Waals surface area contributed by atoms with Gasteiger partial charge in [0.2, 0.25) is 5.95 Å². The molecular formula is C13H15F2N3. The Hall–Kier alpha value is -1.91. The highest BCUT2D eigenvalue weighted by Crippen LogP contribution is 2.20. The summed E-state index contributed by atoms with van der Waals surface area (Å²) in [7, 11) is 0. The van der Waals surface area contributed by atoms with E-state index in [4.69, 9.17) is 0 Å². The van der Waals surface area contributed by atoms with E-state index in [1.807, 2.05) is 10.8 Å². The molecule has 0 saturated heterocycles. The number of nitrogens with one attached hydrogen (secondary N) is 1. The van der Waals surface area contributed by atoms with Crippen LogP contribution in [0.3, 0.4) is 0 Å². The van der Waals surface area contributed by atoms with Gasteiger partial charge in [-0.15, -0.1) is 0 Å². The highest BCUT2D eigenvalue weighted by atomic mass is 19.1. The number of imidazole rings is 1. The molecule has 0 aliphatic carbocycles. The summed E-state index contributed by atoms with van der Waals surface area (Å²) in [5.74, 6) is -0.458. The van der Waals surface area contributed by atoms with Crippen LogP contribution in [0.4, 0.5) is 20.4 Å². The van der Waals surface area contributed by atoms with E-state index in [1.165, 1.54) is 0 Å². The topological polar surface area (TPSA) is 29.9 Å². The Kier molecular flexibility index (Phi) is 3.92. The molecule has 5 heteroatoms. The van der Waals surface area contributed by atoms with Crippen LogP contribution in [0.15, 0.2) is 30.6 Å². The van der Waals surface area contributed by atoms with Crippen molar-refractivity contribution >= 4 is 11.6 Å². The van der Waals surface area contributed by atoms with Crippen molar-refractivity contribution in [1.29, 1.82) is 0 Å². The first-order valence-electron chi connectivity index (χ1n) is 5.94. The molecule has 0 radical (unpaired) electrons. The Morgan fingerprint density at radius 1 is 1.33 bits per heavy atom. The van der Waals surface area contributed by atoms with Crippen molar-refractivity contribution in [3.8, 4) is 0 Å². The number of hydrogen-bond acceptors (Lipinski definition) is 2. The molecule has 0 bridgehead atoms. The highest BCUT2D eigenvalue weighted by Gasteiger charge is 2.07. The maximum atomic E-state index is 13.5. The van der Waals surface area contributed by atoms with Crippen LogP contribution in [0.2, 0.25) is 0 Å². The first kappa shape index (κ1) is 12.5. The summed E-state index contributed by atoms with van der Waals surface area (Å²) < 4.78 is 28.4. The van der Waals surface area contributed by atoms with E-state index in [9.17, 15) is 8.78 Å². The van der Waals surface area contributed by atoms with Gasteiger partial charge in [0.15, 0.2) is 0 Å². The van der Waals surface area contributed by atoms with E-state index in [1.54, 1.807) is 6.20 Å². The summed E-state index contributed by atoms with van der Waals surface area (Å²) in [6.07, 6.45) is 5.52. The summed E-state index contributed by atoms with van der Waals surface area (Å²) >= 11 is 0. The lowest BCUT2D eigenvalue weighted by Gasteiger charge is -2.10. The third-order valence-electron chi connectivity index (χ3n) is 2.64. The van der Waals surface area contributed by atoms with Gasteiger partial charge in [0.25, 0.3) is 0 Å². The molecule has 1 aromatic heterocycles. The second kappa shape index (κ2) is 5.62. The summed E-state index contributed by atoms with van der Waals surface area (Å²) in [5.41, 5.74) is 0.0962. The number of aryl methyl sites for hydroxylation is 1. The fourth-order valence-corrected chi connectivity index (χ4v) is 1.66. The Bertz CT molecular complexity index is 523. The van der Waals surface area contributed by atoms with Gasteiger partial charge in [-0.3, -0.25) is 0 Å². The molecule has 0 saturated carbocycles. The minimum atomic E-state index is -0.499. The van der Waals surface area contributed by atoms with Gasteiger partial charge in [0, 0.05) is 25.0 Å². The average Bonchev–Trinajstić information content (AvgIpc) is 2.79. The number of aromatic nitrogens is 2. The van der Waals surface area contributed by atoms with Crippen molar-refractivity contribution in [3.05, 3.63) is 42.2 Å². The van der Waals surface area contributed by atoms with Crippen molar-refractivity contribution in [3.63, 3.8) is 0 Å². The molecule has 18 heavy (non-hydrogen) atoms. The van der Waals surface area contributed by atoms with Gasteiger partial charge < -0.3 is 9.88 Å². The maximum Gasteiger partial charge on any atom is 0.207 e. The van der Waals surface area contributed by atoms with Gasteiger partial charge in [-0.05, 0) is 18.6 Å². The second-order valence-corrected chi connectivity index (χ2v) is 4.05. The van der Waals surface area contributed by atoms with Crippen molar-refractivity contribution in [2.24, 2.45) is 0 Å². The van der Waals surface area contributed by atoms with Crippen molar-refractivity contribution < 1.29 is 8.78 Å². The Balaban J connectivity index is 2.18. The van der Waals surface area contributed by atoms with Gasteiger partial charge in [-0.2, -0.15) is 0 Å². The van der Waals surface area contributed by atoms with E-state index >= 15 is 0 Å². The molecule has 0 unspecified atom stereocenters. The van der Waals surface area contributed by atoms with Crippen LogP contribution in [0.25, 0.3) is 0 Å². The van der Waals surface area contributed by atoms with Gasteiger partial charge in [-0.25, -0.2) is 13.8 Å². The molecule has 0 amide bonds. The van der Waals surface area contributed by atoms with E-state index in [2.05, 4.69) is 17.2 Å². The monoisotopic (exact) mass is 251 g/mol. The van der Waals surface area contributed by atoms with Gasteiger partial charge in [0.05, 0.1) is 5.69 Å². The fraction of sp³-hybridized carbons (Fsp3) is 0.308. The molecule has 0 spiro atoms. The molecule has 2 rings (SSSR count).